The van der Waals surface area contributed by atoms with Crippen molar-refractivity contribution in [3.8, 4) is 0 Å². The van der Waals surface area contributed by atoms with Crippen LogP contribution in [0.25, 0.3) is 0 Å². The van der Waals surface area contributed by atoms with Crippen molar-refractivity contribution in [3.05, 3.63) is 46.7 Å². The van der Waals surface area contributed by atoms with E-state index in [0.29, 0.717) is 12.2 Å². The number of pyridine rings is 1. The van der Waals surface area contributed by atoms with Crippen LogP contribution >= 0.6 is 11.3 Å². The maximum absolute atomic E-state index is 11.9. The molecular weight excluding hydrogens is 222 g/mol. The van der Waals surface area contributed by atoms with E-state index in [0.717, 1.165) is 5.56 Å². The molecule has 5 heteroatoms. The average molecular weight is 233 g/mol. The first kappa shape index (κ1) is 10.8. The van der Waals surface area contributed by atoms with E-state index in [1.165, 1.54) is 11.3 Å². The van der Waals surface area contributed by atoms with Crippen LogP contribution in [0.4, 0.5) is 0 Å². The quantitative estimate of drug-likeness (QED) is 0.812. The van der Waals surface area contributed by atoms with E-state index in [2.05, 4.69) is 9.97 Å². The first-order chi connectivity index (χ1) is 7.77. The molecule has 0 fully saturated rings. The van der Waals surface area contributed by atoms with Crippen molar-refractivity contribution in [1.29, 1.82) is 0 Å². The lowest BCUT2D eigenvalue weighted by Gasteiger charge is -2.15. The second kappa shape index (κ2) is 4.85. The Labute approximate surface area is 97.6 Å². The Morgan fingerprint density at radius 1 is 1.44 bits per heavy atom. The lowest BCUT2D eigenvalue weighted by Crippen LogP contribution is -2.26. The molecule has 0 radical (unpaired) electrons. The SMILES string of the molecule is CN(Cc1ccncc1)C(=O)c1cscn1. The fourth-order valence-corrected chi connectivity index (χ4v) is 1.87. The second-order valence-corrected chi connectivity index (χ2v) is 4.11. The molecule has 2 heterocycles. The van der Waals surface area contributed by atoms with Crippen LogP contribution in [0.3, 0.4) is 0 Å². The molecule has 0 spiro atoms. The number of carbonyl (C=O) groups is 1. The van der Waals surface area contributed by atoms with Gasteiger partial charge in [-0.2, -0.15) is 0 Å². The summed E-state index contributed by atoms with van der Waals surface area (Å²) < 4.78 is 0. The van der Waals surface area contributed by atoms with E-state index < -0.39 is 0 Å². The minimum atomic E-state index is -0.0573. The Hall–Kier alpha value is -1.75. The molecule has 1 amide bonds. The van der Waals surface area contributed by atoms with Crippen molar-refractivity contribution in [2.75, 3.05) is 7.05 Å². The standard InChI is InChI=1S/C11H11N3OS/c1-14(6-9-2-4-12-5-3-9)11(15)10-7-16-8-13-10/h2-5,7-8H,6H2,1H3. The third-order valence-electron chi connectivity index (χ3n) is 2.17. The van der Waals surface area contributed by atoms with Gasteiger partial charge in [0.2, 0.25) is 0 Å². The summed E-state index contributed by atoms with van der Waals surface area (Å²) >= 11 is 1.42. The zero-order valence-electron chi connectivity index (χ0n) is 8.83. The summed E-state index contributed by atoms with van der Waals surface area (Å²) in [7, 11) is 1.77. The molecule has 0 atom stereocenters. The highest BCUT2D eigenvalue weighted by atomic mass is 32.1. The predicted octanol–water partition coefficient (Wildman–Crippen LogP) is 1.81. The Morgan fingerprint density at radius 2 is 2.19 bits per heavy atom. The van der Waals surface area contributed by atoms with Crippen molar-refractivity contribution < 1.29 is 4.79 Å². The highest BCUT2D eigenvalue weighted by Crippen LogP contribution is 2.07. The second-order valence-electron chi connectivity index (χ2n) is 3.39. The molecular formula is C11H11N3OS. The van der Waals surface area contributed by atoms with Gasteiger partial charge in [-0.1, -0.05) is 0 Å². The maximum Gasteiger partial charge on any atom is 0.273 e. The van der Waals surface area contributed by atoms with Gasteiger partial charge in [0.15, 0.2) is 0 Å². The maximum atomic E-state index is 11.9. The van der Waals surface area contributed by atoms with E-state index in [9.17, 15) is 4.79 Å². The van der Waals surface area contributed by atoms with Crippen LogP contribution in [-0.2, 0) is 6.54 Å². The minimum Gasteiger partial charge on any atom is -0.336 e. The number of rotatable bonds is 3. The van der Waals surface area contributed by atoms with Gasteiger partial charge in [0, 0.05) is 31.4 Å². The fourth-order valence-electron chi connectivity index (χ4n) is 1.35. The smallest absolute Gasteiger partial charge is 0.273 e. The van der Waals surface area contributed by atoms with Crippen LogP contribution in [0.15, 0.2) is 35.4 Å². The van der Waals surface area contributed by atoms with Crippen molar-refractivity contribution in [3.63, 3.8) is 0 Å². The zero-order chi connectivity index (χ0) is 11.4. The van der Waals surface area contributed by atoms with Gasteiger partial charge in [-0.05, 0) is 17.7 Å². The lowest BCUT2D eigenvalue weighted by atomic mass is 10.2. The molecule has 0 N–H and O–H groups in total. The molecule has 0 aliphatic heterocycles. The molecule has 0 bridgehead atoms. The van der Waals surface area contributed by atoms with Crippen LogP contribution in [0.1, 0.15) is 16.1 Å². The number of carbonyl (C=O) groups excluding carboxylic acids is 1. The van der Waals surface area contributed by atoms with Crippen molar-refractivity contribution in [1.82, 2.24) is 14.9 Å². The lowest BCUT2D eigenvalue weighted by molar-refractivity contribution is 0.0780. The monoisotopic (exact) mass is 233 g/mol. The molecule has 2 rings (SSSR count). The molecule has 4 nitrogen and oxygen atoms in total. The van der Waals surface area contributed by atoms with Crippen LogP contribution in [0.2, 0.25) is 0 Å². The molecule has 0 unspecified atom stereocenters. The Morgan fingerprint density at radius 3 is 2.81 bits per heavy atom. The number of aromatic nitrogens is 2. The average Bonchev–Trinajstić information content (AvgIpc) is 2.83. The number of hydrogen-bond acceptors (Lipinski definition) is 4. The fraction of sp³-hybridized carbons (Fsp3) is 0.182. The molecule has 2 aromatic rings. The normalized spacial score (nSPS) is 10.1. The first-order valence-corrected chi connectivity index (χ1v) is 5.74. The summed E-state index contributed by atoms with van der Waals surface area (Å²) in [6, 6.07) is 3.79. The van der Waals surface area contributed by atoms with Crippen LogP contribution in [0.5, 0.6) is 0 Å². The Kier molecular flexibility index (Phi) is 3.26. The van der Waals surface area contributed by atoms with E-state index in [1.54, 1.807) is 35.2 Å². The van der Waals surface area contributed by atoms with Gasteiger partial charge in [0.05, 0.1) is 5.51 Å². The summed E-state index contributed by atoms with van der Waals surface area (Å²) in [6.45, 7) is 0.568. The number of hydrogen-bond donors (Lipinski definition) is 0. The molecule has 0 saturated heterocycles. The van der Waals surface area contributed by atoms with Gasteiger partial charge in [-0.3, -0.25) is 9.78 Å². The van der Waals surface area contributed by atoms with Crippen LogP contribution in [0, 0.1) is 0 Å². The number of nitrogens with zero attached hydrogens (tertiary/aromatic N) is 3. The summed E-state index contributed by atoms with van der Waals surface area (Å²) in [6.07, 6.45) is 3.44. The first-order valence-electron chi connectivity index (χ1n) is 4.80. The van der Waals surface area contributed by atoms with E-state index in [1.807, 2.05) is 12.1 Å². The Bertz CT molecular complexity index is 455. The summed E-state index contributed by atoms with van der Waals surface area (Å²) in [5, 5.41) is 1.76. The van der Waals surface area contributed by atoms with Gasteiger partial charge < -0.3 is 4.90 Å². The predicted molar refractivity (Wildman–Crippen MR) is 62.1 cm³/mol. The minimum absolute atomic E-state index is 0.0573. The molecule has 2 aromatic heterocycles. The van der Waals surface area contributed by atoms with Gasteiger partial charge in [-0.25, -0.2) is 4.98 Å². The molecule has 0 saturated carbocycles. The third-order valence-corrected chi connectivity index (χ3v) is 2.75. The van der Waals surface area contributed by atoms with Gasteiger partial charge in [0.1, 0.15) is 5.69 Å². The van der Waals surface area contributed by atoms with Crippen LogP contribution < -0.4 is 0 Å². The van der Waals surface area contributed by atoms with Crippen LogP contribution in [-0.4, -0.2) is 27.8 Å². The molecule has 0 aliphatic rings. The zero-order valence-corrected chi connectivity index (χ0v) is 9.65. The topological polar surface area (TPSA) is 46.1 Å². The Balaban J connectivity index is 2.04. The van der Waals surface area contributed by atoms with Gasteiger partial charge >= 0.3 is 0 Å². The van der Waals surface area contributed by atoms with Crippen molar-refractivity contribution in [2.24, 2.45) is 0 Å². The summed E-state index contributed by atoms with van der Waals surface area (Å²) in [4.78, 5) is 21.4. The summed E-state index contributed by atoms with van der Waals surface area (Å²) in [5.41, 5.74) is 3.22. The molecule has 16 heavy (non-hydrogen) atoms. The third kappa shape index (κ3) is 2.43. The van der Waals surface area contributed by atoms with Crippen molar-refractivity contribution >= 4 is 17.2 Å². The molecule has 82 valence electrons. The molecule has 0 aliphatic carbocycles. The highest BCUT2D eigenvalue weighted by molar-refractivity contribution is 7.07. The summed E-state index contributed by atoms with van der Waals surface area (Å²) in [5.74, 6) is -0.0573. The van der Waals surface area contributed by atoms with E-state index in [4.69, 9.17) is 0 Å². The largest absolute Gasteiger partial charge is 0.336 e. The van der Waals surface area contributed by atoms with Crippen molar-refractivity contribution in [2.45, 2.75) is 6.54 Å². The number of amides is 1. The highest BCUT2D eigenvalue weighted by Gasteiger charge is 2.13. The molecule has 0 aromatic carbocycles. The van der Waals surface area contributed by atoms with Gasteiger partial charge in [-0.15, -0.1) is 11.3 Å². The van der Waals surface area contributed by atoms with E-state index in [-0.39, 0.29) is 5.91 Å². The number of thiazole rings is 1. The van der Waals surface area contributed by atoms with E-state index >= 15 is 0 Å². The van der Waals surface area contributed by atoms with Gasteiger partial charge in [0.25, 0.3) is 5.91 Å².